The molecule has 0 spiro atoms. The molecule has 124 valence electrons. The van der Waals surface area contributed by atoms with Gasteiger partial charge in [-0.3, -0.25) is 0 Å². The molecule has 24 heavy (non-hydrogen) atoms. The third kappa shape index (κ3) is 2.73. The Morgan fingerprint density at radius 1 is 1.04 bits per heavy atom. The zero-order valence-electron chi connectivity index (χ0n) is 12.7. The molecular formula is C17H14F3N3S. The van der Waals surface area contributed by atoms with Gasteiger partial charge in [0.25, 0.3) is 0 Å². The van der Waals surface area contributed by atoms with E-state index in [9.17, 15) is 13.2 Å². The van der Waals surface area contributed by atoms with Crippen molar-refractivity contribution in [2.75, 3.05) is 0 Å². The molecule has 1 aromatic carbocycles. The second kappa shape index (κ2) is 5.73. The monoisotopic (exact) mass is 349 g/mol. The summed E-state index contributed by atoms with van der Waals surface area (Å²) in [4.78, 5) is 5.51. The number of aromatic nitrogens is 3. The minimum Gasteiger partial charge on any atom is -0.223 e. The number of aryl methyl sites for hydroxylation is 2. The summed E-state index contributed by atoms with van der Waals surface area (Å²) in [7, 11) is 0. The quantitative estimate of drug-likeness (QED) is 0.659. The van der Waals surface area contributed by atoms with Crippen LogP contribution in [0.1, 0.15) is 29.1 Å². The number of benzene rings is 1. The average molecular weight is 349 g/mol. The first-order valence-electron chi connectivity index (χ1n) is 7.74. The molecule has 0 atom stereocenters. The molecule has 1 aliphatic carbocycles. The lowest BCUT2D eigenvalue weighted by atomic mass is 10.0. The fourth-order valence-electron chi connectivity index (χ4n) is 2.91. The highest BCUT2D eigenvalue weighted by atomic mass is 32.1. The number of nitrogens with zero attached hydrogens (tertiary/aromatic N) is 3. The topological polar surface area (TPSA) is 30.7 Å². The Morgan fingerprint density at radius 2 is 1.79 bits per heavy atom. The highest BCUT2D eigenvalue weighted by Crippen LogP contribution is 2.36. The van der Waals surface area contributed by atoms with Crippen LogP contribution >= 0.6 is 11.3 Å². The maximum atomic E-state index is 13.5. The van der Waals surface area contributed by atoms with E-state index >= 15 is 0 Å². The van der Waals surface area contributed by atoms with Crippen LogP contribution in [0.5, 0.6) is 0 Å². The van der Waals surface area contributed by atoms with E-state index in [2.05, 4.69) is 10.1 Å². The maximum Gasteiger partial charge on any atom is 0.433 e. The first-order chi connectivity index (χ1) is 11.5. The summed E-state index contributed by atoms with van der Waals surface area (Å²) in [5.41, 5.74) is 1.10. The molecule has 4 rings (SSSR count). The number of rotatable bonds is 2. The minimum atomic E-state index is -4.48. The van der Waals surface area contributed by atoms with Crippen LogP contribution in [0, 0.1) is 0 Å². The second-order valence-corrected chi connectivity index (χ2v) is 6.83. The summed E-state index contributed by atoms with van der Waals surface area (Å²) < 4.78 is 41.3. The Morgan fingerprint density at radius 3 is 2.50 bits per heavy atom. The number of alkyl halides is 3. The lowest BCUT2D eigenvalue weighted by molar-refractivity contribution is -0.142. The van der Waals surface area contributed by atoms with Crippen LogP contribution in [0.15, 0.2) is 36.4 Å². The fraction of sp³-hybridized carbons (Fsp3) is 0.294. The number of thiazole rings is 1. The number of hydrogen-bond acceptors (Lipinski definition) is 3. The highest BCUT2D eigenvalue weighted by molar-refractivity contribution is 7.14. The molecule has 0 aliphatic heterocycles. The lowest BCUT2D eigenvalue weighted by Crippen LogP contribution is -2.13. The van der Waals surface area contributed by atoms with Crippen molar-refractivity contribution in [1.29, 1.82) is 0 Å². The third-order valence-electron chi connectivity index (χ3n) is 4.08. The van der Waals surface area contributed by atoms with E-state index in [-0.39, 0.29) is 0 Å². The molecule has 0 radical (unpaired) electrons. The maximum absolute atomic E-state index is 13.5. The Bertz CT molecular complexity index is 842. The average Bonchev–Trinajstić information content (AvgIpc) is 3.19. The van der Waals surface area contributed by atoms with Gasteiger partial charge in [0.05, 0.1) is 11.4 Å². The molecule has 0 saturated heterocycles. The molecule has 0 N–H and O–H groups in total. The number of hydrogen-bond donors (Lipinski definition) is 0. The predicted octanol–water partition coefficient (Wildman–Crippen LogP) is 4.89. The van der Waals surface area contributed by atoms with Gasteiger partial charge in [-0.05, 0) is 31.7 Å². The van der Waals surface area contributed by atoms with Gasteiger partial charge in [-0.1, -0.05) is 41.7 Å². The zero-order valence-corrected chi connectivity index (χ0v) is 13.5. The van der Waals surface area contributed by atoms with Crippen molar-refractivity contribution in [1.82, 2.24) is 14.8 Å². The van der Waals surface area contributed by atoms with Gasteiger partial charge in [-0.15, -0.1) is 0 Å². The highest BCUT2D eigenvalue weighted by Gasteiger charge is 2.37. The van der Waals surface area contributed by atoms with Crippen LogP contribution in [0.2, 0.25) is 0 Å². The van der Waals surface area contributed by atoms with Crippen molar-refractivity contribution in [3.8, 4) is 16.4 Å². The van der Waals surface area contributed by atoms with Gasteiger partial charge in [0.15, 0.2) is 5.69 Å². The van der Waals surface area contributed by atoms with Crippen molar-refractivity contribution in [2.45, 2.75) is 31.9 Å². The second-order valence-electron chi connectivity index (χ2n) is 5.76. The van der Waals surface area contributed by atoms with Crippen LogP contribution in [-0.4, -0.2) is 14.8 Å². The van der Waals surface area contributed by atoms with E-state index in [0.717, 1.165) is 47.0 Å². The van der Waals surface area contributed by atoms with E-state index in [1.807, 2.05) is 6.07 Å². The van der Waals surface area contributed by atoms with Crippen LogP contribution in [0.4, 0.5) is 13.2 Å². The molecule has 2 heterocycles. The van der Waals surface area contributed by atoms with Gasteiger partial charge < -0.3 is 0 Å². The molecule has 0 unspecified atom stereocenters. The molecule has 2 aromatic heterocycles. The molecule has 3 nitrogen and oxygen atoms in total. The molecule has 0 bridgehead atoms. The Balaban J connectivity index is 1.84. The standard InChI is InChI=1S/C17H14F3N3S/c18-17(19,20)15-10-13(11-6-2-1-3-7-11)22-23(15)16-21-12-8-4-5-9-14(12)24-16/h1-3,6-7,10H,4-5,8-9H2. The summed E-state index contributed by atoms with van der Waals surface area (Å²) in [6.45, 7) is 0. The molecule has 0 saturated carbocycles. The SMILES string of the molecule is FC(F)(F)c1cc(-c2ccccc2)nn1-c1nc2c(s1)CCCC2. The minimum absolute atomic E-state index is 0.302. The normalized spacial score (nSPS) is 14.6. The Kier molecular flexibility index (Phi) is 3.68. The first-order valence-corrected chi connectivity index (χ1v) is 8.55. The largest absolute Gasteiger partial charge is 0.433 e. The van der Waals surface area contributed by atoms with Gasteiger partial charge in [0.1, 0.15) is 0 Å². The molecule has 7 heteroatoms. The van der Waals surface area contributed by atoms with Gasteiger partial charge in [0.2, 0.25) is 5.13 Å². The van der Waals surface area contributed by atoms with Crippen molar-refractivity contribution >= 4 is 11.3 Å². The molecule has 1 aliphatic rings. The lowest BCUT2D eigenvalue weighted by Gasteiger charge is -2.07. The zero-order chi connectivity index (χ0) is 16.7. The van der Waals surface area contributed by atoms with E-state index in [1.54, 1.807) is 24.3 Å². The first kappa shape index (κ1) is 15.4. The van der Waals surface area contributed by atoms with E-state index in [0.29, 0.717) is 16.4 Å². The van der Waals surface area contributed by atoms with E-state index in [4.69, 9.17) is 0 Å². The van der Waals surface area contributed by atoms with Gasteiger partial charge in [-0.25, -0.2) is 9.67 Å². The van der Waals surface area contributed by atoms with Gasteiger partial charge in [0, 0.05) is 10.4 Å². The molecule has 3 aromatic rings. The summed E-state index contributed by atoms with van der Waals surface area (Å²) in [5, 5.41) is 4.51. The smallest absolute Gasteiger partial charge is 0.223 e. The van der Waals surface area contributed by atoms with Crippen LogP contribution in [-0.2, 0) is 19.0 Å². The van der Waals surface area contributed by atoms with Crippen molar-refractivity contribution in [3.63, 3.8) is 0 Å². The fourth-order valence-corrected chi connectivity index (χ4v) is 4.02. The molecule has 0 amide bonds. The predicted molar refractivity (Wildman–Crippen MR) is 86.3 cm³/mol. The van der Waals surface area contributed by atoms with Crippen LogP contribution in [0.25, 0.3) is 16.4 Å². The van der Waals surface area contributed by atoms with Crippen molar-refractivity contribution in [2.24, 2.45) is 0 Å². The summed E-state index contributed by atoms with van der Waals surface area (Å²) in [6, 6.07) is 9.97. The molecule has 0 fully saturated rings. The Hall–Kier alpha value is -2.15. The summed E-state index contributed by atoms with van der Waals surface area (Å²) >= 11 is 1.32. The number of halogens is 3. The van der Waals surface area contributed by atoms with Crippen LogP contribution < -0.4 is 0 Å². The number of fused-ring (bicyclic) bond motifs is 1. The van der Waals surface area contributed by atoms with E-state index < -0.39 is 11.9 Å². The van der Waals surface area contributed by atoms with Crippen LogP contribution in [0.3, 0.4) is 0 Å². The third-order valence-corrected chi connectivity index (χ3v) is 5.22. The Labute approximate surface area is 140 Å². The molecular weight excluding hydrogens is 335 g/mol. The summed E-state index contributed by atoms with van der Waals surface area (Å²) in [6.07, 6.45) is -0.654. The van der Waals surface area contributed by atoms with E-state index in [1.165, 1.54) is 11.3 Å². The van der Waals surface area contributed by atoms with Gasteiger partial charge in [-0.2, -0.15) is 18.3 Å². The van der Waals surface area contributed by atoms with Crippen molar-refractivity contribution < 1.29 is 13.2 Å². The van der Waals surface area contributed by atoms with Crippen molar-refractivity contribution in [3.05, 3.63) is 52.7 Å². The summed E-state index contributed by atoms with van der Waals surface area (Å²) in [5.74, 6) is 0. The van der Waals surface area contributed by atoms with Gasteiger partial charge >= 0.3 is 6.18 Å².